The first kappa shape index (κ1) is 14.5. The molecule has 2 aromatic rings. The van der Waals surface area contributed by atoms with Crippen molar-refractivity contribution in [3.05, 3.63) is 46.3 Å². The molecule has 0 saturated carbocycles. The monoisotopic (exact) mass is 289 g/mol. The lowest BCUT2D eigenvalue weighted by Gasteiger charge is -2.14. The van der Waals surface area contributed by atoms with E-state index in [1.54, 1.807) is 29.7 Å². The molecule has 106 valence electrons. The van der Waals surface area contributed by atoms with E-state index >= 15 is 0 Å². The van der Waals surface area contributed by atoms with Crippen LogP contribution in [0.2, 0.25) is 0 Å². The van der Waals surface area contributed by atoms with Crippen LogP contribution in [0.3, 0.4) is 0 Å². The van der Waals surface area contributed by atoms with Gasteiger partial charge in [0.15, 0.2) is 0 Å². The number of amides is 1. The van der Waals surface area contributed by atoms with Crippen molar-refractivity contribution in [2.45, 2.75) is 26.3 Å². The zero-order valence-electron chi connectivity index (χ0n) is 11.7. The maximum atomic E-state index is 12.3. The summed E-state index contributed by atoms with van der Waals surface area (Å²) in [7, 11) is 0. The normalized spacial score (nSPS) is 11.9. The number of nitrogens with zero attached hydrogens (tertiary/aromatic N) is 1. The molecule has 2 aromatic heterocycles. The number of anilines is 1. The SMILES string of the molecule is CCCNc1ncccc1C(=O)NC(C)c1ccsc1. The topological polar surface area (TPSA) is 54.0 Å². The van der Waals surface area contributed by atoms with Crippen LogP contribution in [0, 0.1) is 0 Å². The molecule has 4 nitrogen and oxygen atoms in total. The fourth-order valence-corrected chi connectivity index (χ4v) is 2.61. The zero-order chi connectivity index (χ0) is 14.4. The van der Waals surface area contributed by atoms with Crippen LogP contribution >= 0.6 is 11.3 Å². The molecule has 0 fully saturated rings. The summed E-state index contributed by atoms with van der Waals surface area (Å²) in [5.74, 6) is 0.541. The molecule has 0 aliphatic carbocycles. The average Bonchev–Trinajstić information content (AvgIpc) is 2.99. The third-order valence-corrected chi connectivity index (χ3v) is 3.69. The van der Waals surface area contributed by atoms with Gasteiger partial charge in [-0.15, -0.1) is 0 Å². The Morgan fingerprint density at radius 1 is 1.45 bits per heavy atom. The number of pyridine rings is 1. The van der Waals surface area contributed by atoms with Crippen molar-refractivity contribution in [2.75, 3.05) is 11.9 Å². The Morgan fingerprint density at radius 2 is 2.30 bits per heavy atom. The smallest absolute Gasteiger partial charge is 0.255 e. The van der Waals surface area contributed by atoms with Gasteiger partial charge in [0.05, 0.1) is 11.6 Å². The highest BCUT2D eigenvalue weighted by Crippen LogP contribution is 2.18. The summed E-state index contributed by atoms with van der Waals surface area (Å²) in [4.78, 5) is 16.6. The van der Waals surface area contributed by atoms with Gasteiger partial charge >= 0.3 is 0 Å². The Morgan fingerprint density at radius 3 is 3.00 bits per heavy atom. The molecule has 0 spiro atoms. The highest BCUT2D eigenvalue weighted by Gasteiger charge is 2.15. The van der Waals surface area contributed by atoms with Gasteiger partial charge in [0.1, 0.15) is 5.82 Å². The van der Waals surface area contributed by atoms with Crippen molar-refractivity contribution in [3.8, 4) is 0 Å². The lowest BCUT2D eigenvalue weighted by atomic mass is 10.1. The molecule has 0 radical (unpaired) electrons. The van der Waals surface area contributed by atoms with Crippen LogP contribution in [-0.2, 0) is 0 Å². The molecule has 0 bridgehead atoms. The van der Waals surface area contributed by atoms with Gasteiger partial charge in [0.2, 0.25) is 0 Å². The Labute approximate surface area is 123 Å². The predicted octanol–water partition coefficient (Wildman–Crippen LogP) is 3.46. The number of aromatic nitrogens is 1. The van der Waals surface area contributed by atoms with E-state index in [1.165, 1.54) is 0 Å². The quantitative estimate of drug-likeness (QED) is 0.856. The maximum Gasteiger partial charge on any atom is 0.255 e. The third-order valence-electron chi connectivity index (χ3n) is 2.99. The average molecular weight is 289 g/mol. The van der Waals surface area contributed by atoms with Gasteiger partial charge in [-0.2, -0.15) is 11.3 Å². The van der Waals surface area contributed by atoms with Gasteiger partial charge in [0, 0.05) is 12.7 Å². The van der Waals surface area contributed by atoms with Crippen molar-refractivity contribution in [2.24, 2.45) is 0 Å². The van der Waals surface area contributed by atoms with Crippen molar-refractivity contribution in [3.63, 3.8) is 0 Å². The summed E-state index contributed by atoms with van der Waals surface area (Å²) >= 11 is 1.63. The fraction of sp³-hybridized carbons (Fsp3) is 0.333. The Bertz CT molecular complexity index is 554. The Kier molecular flexibility index (Phi) is 5.12. The highest BCUT2D eigenvalue weighted by atomic mass is 32.1. The number of carbonyl (C=O) groups excluding carboxylic acids is 1. The molecule has 1 unspecified atom stereocenters. The summed E-state index contributed by atoms with van der Waals surface area (Å²) in [6.45, 7) is 4.86. The van der Waals surface area contributed by atoms with Crippen LogP contribution in [0.1, 0.15) is 42.2 Å². The minimum absolute atomic E-state index is 0.00650. The fourth-order valence-electron chi connectivity index (χ4n) is 1.85. The van der Waals surface area contributed by atoms with Gasteiger partial charge in [-0.25, -0.2) is 4.98 Å². The molecule has 0 aliphatic heterocycles. The lowest BCUT2D eigenvalue weighted by molar-refractivity contribution is 0.0940. The first-order chi connectivity index (χ1) is 9.72. The van der Waals surface area contributed by atoms with E-state index in [9.17, 15) is 4.79 Å². The standard InChI is InChI=1S/C15H19N3OS/c1-3-7-16-14-13(5-4-8-17-14)15(19)18-11(2)12-6-9-20-10-12/h4-6,8-11H,3,7H2,1-2H3,(H,16,17)(H,18,19). The first-order valence-electron chi connectivity index (χ1n) is 6.74. The second-order valence-corrected chi connectivity index (χ2v) is 5.36. The second kappa shape index (κ2) is 7.05. The van der Waals surface area contributed by atoms with Crippen LogP contribution in [0.5, 0.6) is 0 Å². The van der Waals surface area contributed by atoms with Crippen molar-refractivity contribution < 1.29 is 4.79 Å². The van der Waals surface area contributed by atoms with E-state index in [-0.39, 0.29) is 11.9 Å². The summed E-state index contributed by atoms with van der Waals surface area (Å²) in [6, 6.07) is 5.59. The summed E-state index contributed by atoms with van der Waals surface area (Å²) in [5.41, 5.74) is 1.71. The minimum Gasteiger partial charge on any atom is -0.369 e. The number of nitrogens with one attached hydrogen (secondary N) is 2. The van der Waals surface area contributed by atoms with Crippen LogP contribution in [0.25, 0.3) is 0 Å². The Balaban J connectivity index is 2.09. The van der Waals surface area contributed by atoms with Crippen LogP contribution in [0.15, 0.2) is 35.2 Å². The zero-order valence-corrected chi connectivity index (χ0v) is 12.5. The molecule has 5 heteroatoms. The van der Waals surface area contributed by atoms with E-state index in [0.717, 1.165) is 18.5 Å². The molecule has 2 heterocycles. The lowest BCUT2D eigenvalue weighted by Crippen LogP contribution is -2.27. The second-order valence-electron chi connectivity index (χ2n) is 4.58. The van der Waals surface area contributed by atoms with Crippen LogP contribution in [0.4, 0.5) is 5.82 Å². The third kappa shape index (κ3) is 3.57. The number of hydrogen-bond acceptors (Lipinski definition) is 4. The van der Waals surface area contributed by atoms with E-state index in [1.807, 2.05) is 23.8 Å². The number of carbonyl (C=O) groups is 1. The van der Waals surface area contributed by atoms with Crippen LogP contribution < -0.4 is 10.6 Å². The molecule has 1 amide bonds. The van der Waals surface area contributed by atoms with Gasteiger partial charge in [-0.1, -0.05) is 6.92 Å². The van der Waals surface area contributed by atoms with Crippen molar-refractivity contribution in [1.29, 1.82) is 0 Å². The van der Waals surface area contributed by atoms with Gasteiger partial charge < -0.3 is 10.6 Å². The molecule has 20 heavy (non-hydrogen) atoms. The maximum absolute atomic E-state index is 12.3. The van der Waals surface area contributed by atoms with E-state index in [4.69, 9.17) is 0 Å². The summed E-state index contributed by atoms with van der Waals surface area (Å²) in [5, 5.41) is 10.2. The van der Waals surface area contributed by atoms with Gasteiger partial charge in [0.25, 0.3) is 5.91 Å². The van der Waals surface area contributed by atoms with E-state index < -0.39 is 0 Å². The molecule has 1 atom stereocenters. The predicted molar refractivity (Wildman–Crippen MR) is 83.2 cm³/mol. The minimum atomic E-state index is -0.101. The molecule has 0 saturated heterocycles. The van der Waals surface area contributed by atoms with Crippen molar-refractivity contribution in [1.82, 2.24) is 10.3 Å². The highest BCUT2D eigenvalue weighted by molar-refractivity contribution is 7.07. The molecule has 0 aliphatic rings. The number of rotatable bonds is 6. The largest absolute Gasteiger partial charge is 0.369 e. The van der Waals surface area contributed by atoms with Crippen LogP contribution in [-0.4, -0.2) is 17.4 Å². The number of hydrogen-bond donors (Lipinski definition) is 2. The Hall–Kier alpha value is -1.88. The summed E-state index contributed by atoms with van der Waals surface area (Å²) in [6.07, 6.45) is 2.68. The summed E-state index contributed by atoms with van der Waals surface area (Å²) < 4.78 is 0. The molecular formula is C15H19N3OS. The molecule has 0 aromatic carbocycles. The van der Waals surface area contributed by atoms with Gasteiger partial charge in [-0.3, -0.25) is 4.79 Å². The first-order valence-corrected chi connectivity index (χ1v) is 7.68. The molecule has 2 N–H and O–H groups in total. The molecule has 2 rings (SSSR count). The van der Waals surface area contributed by atoms with E-state index in [0.29, 0.717) is 11.4 Å². The molecular weight excluding hydrogens is 270 g/mol. The van der Waals surface area contributed by atoms with E-state index in [2.05, 4.69) is 22.5 Å². The number of thiophene rings is 1. The van der Waals surface area contributed by atoms with Gasteiger partial charge in [-0.05, 0) is 47.9 Å². The van der Waals surface area contributed by atoms with Crippen molar-refractivity contribution >= 4 is 23.1 Å².